The molecule has 1 aliphatic rings. The van der Waals surface area contributed by atoms with Crippen molar-refractivity contribution < 1.29 is 0 Å². The Kier molecular flexibility index (Phi) is 5.34. The summed E-state index contributed by atoms with van der Waals surface area (Å²) in [4.78, 5) is 7.00. The first-order valence-electron chi connectivity index (χ1n) is 7.52. The van der Waals surface area contributed by atoms with Crippen molar-refractivity contribution in [3.05, 3.63) is 12.2 Å². The molecule has 1 saturated heterocycles. The molecule has 1 atom stereocenters. The van der Waals surface area contributed by atoms with E-state index in [1.165, 1.54) is 12.8 Å². The fourth-order valence-corrected chi connectivity index (χ4v) is 2.72. The summed E-state index contributed by atoms with van der Waals surface area (Å²) in [5.74, 6) is 1.71. The molecule has 1 aromatic heterocycles. The Labute approximate surface area is 116 Å². The second-order valence-electron chi connectivity index (χ2n) is 5.87. The van der Waals surface area contributed by atoms with Crippen LogP contribution in [0.25, 0.3) is 0 Å². The molecule has 0 bridgehead atoms. The van der Waals surface area contributed by atoms with Crippen molar-refractivity contribution in [1.82, 2.24) is 25.0 Å². The van der Waals surface area contributed by atoms with Gasteiger partial charge in [0.05, 0.1) is 6.54 Å². The van der Waals surface area contributed by atoms with Crippen molar-refractivity contribution >= 4 is 0 Å². The van der Waals surface area contributed by atoms with E-state index in [0.29, 0.717) is 12.0 Å². The highest BCUT2D eigenvalue weighted by Gasteiger charge is 2.23. The molecule has 5 heteroatoms. The summed E-state index contributed by atoms with van der Waals surface area (Å²) in [5.41, 5.74) is 0. The third-order valence-corrected chi connectivity index (χ3v) is 3.67. The van der Waals surface area contributed by atoms with Gasteiger partial charge in [0, 0.05) is 32.2 Å². The lowest BCUT2D eigenvalue weighted by Crippen LogP contribution is -2.50. The Morgan fingerprint density at radius 3 is 3.05 bits per heavy atom. The van der Waals surface area contributed by atoms with Gasteiger partial charge >= 0.3 is 0 Å². The van der Waals surface area contributed by atoms with Gasteiger partial charge in [-0.3, -0.25) is 4.90 Å². The fourth-order valence-electron chi connectivity index (χ4n) is 2.72. The highest BCUT2D eigenvalue weighted by molar-refractivity contribution is 4.89. The van der Waals surface area contributed by atoms with Crippen molar-refractivity contribution in [1.29, 1.82) is 0 Å². The number of piperazine rings is 1. The molecule has 1 fully saturated rings. The van der Waals surface area contributed by atoms with Crippen LogP contribution in [0.3, 0.4) is 0 Å². The lowest BCUT2D eigenvalue weighted by atomic mass is 10.1. The largest absolute Gasteiger partial charge is 0.314 e. The maximum absolute atomic E-state index is 4.45. The van der Waals surface area contributed by atoms with E-state index < -0.39 is 0 Å². The smallest absolute Gasteiger partial charge is 0.141 e. The summed E-state index contributed by atoms with van der Waals surface area (Å²) in [7, 11) is 0. The number of hydrogen-bond donors (Lipinski definition) is 1. The number of nitrogens with one attached hydrogen (secondary N) is 1. The Morgan fingerprint density at radius 1 is 1.47 bits per heavy atom. The zero-order chi connectivity index (χ0) is 13.7. The first-order chi connectivity index (χ1) is 9.20. The van der Waals surface area contributed by atoms with E-state index in [2.05, 4.69) is 45.8 Å². The van der Waals surface area contributed by atoms with E-state index in [-0.39, 0.29) is 0 Å². The zero-order valence-corrected chi connectivity index (χ0v) is 12.5. The highest BCUT2D eigenvalue weighted by atomic mass is 15.4. The Bertz CT molecular complexity index is 372. The molecule has 1 aromatic rings. The van der Waals surface area contributed by atoms with Gasteiger partial charge in [-0.15, -0.1) is 0 Å². The van der Waals surface area contributed by atoms with Crippen molar-refractivity contribution in [3.8, 4) is 0 Å². The van der Waals surface area contributed by atoms with E-state index in [4.69, 9.17) is 0 Å². The van der Waals surface area contributed by atoms with Crippen LogP contribution in [0, 0.1) is 5.92 Å². The van der Waals surface area contributed by atoms with Gasteiger partial charge in [-0.25, -0.2) is 9.67 Å². The molecule has 0 aromatic carbocycles. The predicted molar refractivity (Wildman–Crippen MR) is 76.8 cm³/mol. The molecule has 0 aliphatic carbocycles. The van der Waals surface area contributed by atoms with Crippen LogP contribution in [0.15, 0.2) is 6.33 Å². The molecule has 1 unspecified atom stereocenters. The Balaban J connectivity index is 2.00. The second kappa shape index (κ2) is 7.01. The number of aromatic nitrogens is 3. The third kappa shape index (κ3) is 4.01. The van der Waals surface area contributed by atoms with Crippen LogP contribution in [0.1, 0.15) is 39.4 Å². The fraction of sp³-hybridized carbons (Fsp3) is 0.857. The monoisotopic (exact) mass is 265 g/mol. The molecule has 1 aliphatic heterocycles. The number of nitrogens with zero attached hydrogens (tertiary/aromatic N) is 4. The molecule has 0 radical (unpaired) electrons. The lowest BCUT2D eigenvalue weighted by Gasteiger charge is -2.35. The molecule has 1 N–H and O–H groups in total. The molecular formula is C14H27N5. The molecule has 0 spiro atoms. The Hall–Kier alpha value is -0.940. The summed E-state index contributed by atoms with van der Waals surface area (Å²) in [6.45, 7) is 11.9. The molecule has 19 heavy (non-hydrogen) atoms. The predicted octanol–water partition coefficient (Wildman–Crippen LogP) is 1.51. The van der Waals surface area contributed by atoms with Gasteiger partial charge in [-0.1, -0.05) is 27.2 Å². The quantitative estimate of drug-likeness (QED) is 0.847. The highest BCUT2D eigenvalue weighted by Crippen LogP contribution is 2.13. The van der Waals surface area contributed by atoms with Crippen LogP contribution in [0.5, 0.6) is 0 Å². The van der Waals surface area contributed by atoms with Crippen LogP contribution < -0.4 is 5.32 Å². The van der Waals surface area contributed by atoms with Gasteiger partial charge in [0.15, 0.2) is 0 Å². The molecule has 5 nitrogen and oxygen atoms in total. The van der Waals surface area contributed by atoms with Gasteiger partial charge in [0.25, 0.3) is 0 Å². The summed E-state index contributed by atoms with van der Waals surface area (Å²) >= 11 is 0. The van der Waals surface area contributed by atoms with Gasteiger partial charge in [-0.2, -0.15) is 5.10 Å². The minimum atomic E-state index is 0.606. The molecule has 108 valence electrons. The first-order valence-corrected chi connectivity index (χ1v) is 7.52. The van der Waals surface area contributed by atoms with Gasteiger partial charge in [-0.05, 0) is 12.3 Å². The minimum absolute atomic E-state index is 0.606. The molecule has 2 heterocycles. The van der Waals surface area contributed by atoms with Crippen molar-refractivity contribution in [2.24, 2.45) is 5.92 Å². The van der Waals surface area contributed by atoms with Crippen LogP contribution in [-0.2, 0) is 13.1 Å². The average molecular weight is 265 g/mol. The van der Waals surface area contributed by atoms with E-state index in [9.17, 15) is 0 Å². The number of rotatable bonds is 6. The summed E-state index contributed by atoms with van der Waals surface area (Å²) in [6, 6.07) is 0.642. The van der Waals surface area contributed by atoms with Crippen LogP contribution in [0.2, 0.25) is 0 Å². The second-order valence-corrected chi connectivity index (χ2v) is 5.87. The van der Waals surface area contributed by atoms with Gasteiger partial charge in [0.2, 0.25) is 0 Å². The molecule has 2 rings (SSSR count). The maximum atomic E-state index is 4.45. The standard InChI is InChI=1S/C14H27N5/c1-4-5-13-8-15-6-7-18(13)10-14-16-11-17-19(14)9-12(2)3/h11-13,15H,4-10H2,1-3H3. The average Bonchev–Trinajstić information content (AvgIpc) is 2.79. The van der Waals surface area contributed by atoms with Crippen molar-refractivity contribution in [2.75, 3.05) is 19.6 Å². The first kappa shape index (κ1) is 14.5. The van der Waals surface area contributed by atoms with Crippen molar-refractivity contribution in [2.45, 2.75) is 52.7 Å². The molecule has 0 amide bonds. The topological polar surface area (TPSA) is 46.0 Å². The lowest BCUT2D eigenvalue weighted by molar-refractivity contribution is 0.138. The van der Waals surface area contributed by atoms with E-state index >= 15 is 0 Å². The van der Waals surface area contributed by atoms with E-state index in [0.717, 1.165) is 38.5 Å². The summed E-state index contributed by atoms with van der Waals surface area (Å²) in [5, 5.41) is 7.85. The van der Waals surface area contributed by atoms with Gasteiger partial charge < -0.3 is 5.32 Å². The maximum Gasteiger partial charge on any atom is 0.141 e. The normalized spacial score (nSPS) is 21.2. The minimum Gasteiger partial charge on any atom is -0.314 e. The van der Waals surface area contributed by atoms with E-state index in [1.54, 1.807) is 6.33 Å². The summed E-state index contributed by atoms with van der Waals surface area (Å²) in [6.07, 6.45) is 4.18. The molecular weight excluding hydrogens is 238 g/mol. The Morgan fingerprint density at radius 2 is 2.32 bits per heavy atom. The van der Waals surface area contributed by atoms with Crippen molar-refractivity contribution in [3.63, 3.8) is 0 Å². The summed E-state index contributed by atoms with van der Waals surface area (Å²) < 4.78 is 2.07. The zero-order valence-electron chi connectivity index (χ0n) is 12.5. The van der Waals surface area contributed by atoms with Gasteiger partial charge in [0.1, 0.15) is 12.2 Å². The van der Waals surface area contributed by atoms with Crippen LogP contribution in [0.4, 0.5) is 0 Å². The van der Waals surface area contributed by atoms with Crippen LogP contribution >= 0.6 is 0 Å². The third-order valence-electron chi connectivity index (χ3n) is 3.67. The van der Waals surface area contributed by atoms with E-state index in [1.807, 2.05) is 0 Å². The SMILES string of the molecule is CCCC1CNCCN1Cc1ncnn1CC(C)C. The number of hydrogen-bond acceptors (Lipinski definition) is 4. The molecule has 0 saturated carbocycles. The van der Waals surface area contributed by atoms with Crippen LogP contribution in [-0.4, -0.2) is 45.3 Å².